The monoisotopic (exact) mass is 415 g/mol. The molecule has 1 rings (SSSR count). The van der Waals surface area contributed by atoms with E-state index < -0.39 is 42.9 Å². The Balaban J connectivity index is 2.60. The van der Waals surface area contributed by atoms with Crippen LogP contribution in [0.3, 0.4) is 0 Å². The normalized spacial score (nSPS) is 33.6. The predicted octanol–water partition coefficient (Wildman–Crippen LogP) is -1.62. The van der Waals surface area contributed by atoms with E-state index in [4.69, 9.17) is 14.7 Å². The van der Waals surface area contributed by atoms with Crippen molar-refractivity contribution in [3.05, 3.63) is 0 Å². The molecule has 1 saturated heterocycles. The van der Waals surface area contributed by atoms with Gasteiger partial charge in [-0.1, -0.05) is 0 Å². The second-order valence-corrected chi connectivity index (χ2v) is 6.95. The Kier molecular flexibility index (Phi) is 9.61. The van der Waals surface area contributed by atoms with Crippen LogP contribution in [-0.4, -0.2) is 104 Å². The zero-order chi connectivity index (χ0) is 18.3. The van der Waals surface area contributed by atoms with Gasteiger partial charge in [-0.25, -0.2) is 0 Å². The van der Waals surface area contributed by atoms with Crippen LogP contribution in [0.1, 0.15) is 27.2 Å². The molecule has 1 radical (unpaired) electrons. The van der Waals surface area contributed by atoms with Crippen molar-refractivity contribution in [2.45, 2.75) is 68.8 Å². The van der Waals surface area contributed by atoms with E-state index in [0.29, 0.717) is 5.32 Å². The Hall–Kier alpha value is 0.199. The summed E-state index contributed by atoms with van der Waals surface area (Å²) in [6.07, 6.45) is -4.31. The van der Waals surface area contributed by atoms with Crippen molar-refractivity contribution in [2.24, 2.45) is 0 Å². The number of hydrogen-bond donors (Lipinski definition) is 5. The van der Waals surface area contributed by atoms with E-state index in [0.717, 1.165) is 26.1 Å². The Bertz CT molecular complexity index is 363. The average molecular weight is 414 g/mol. The number of aliphatic hydroxyl groups excluding tert-OH is 4. The van der Waals surface area contributed by atoms with Crippen molar-refractivity contribution in [3.63, 3.8) is 0 Å². The Morgan fingerprint density at radius 2 is 1.83 bits per heavy atom. The molecule has 5 unspecified atom stereocenters. The van der Waals surface area contributed by atoms with Crippen molar-refractivity contribution in [1.82, 2.24) is 10.4 Å². The van der Waals surface area contributed by atoms with E-state index in [1.807, 2.05) is 6.92 Å². The fourth-order valence-corrected chi connectivity index (χ4v) is 2.95. The van der Waals surface area contributed by atoms with Gasteiger partial charge in [-0.2, -0.15) is 0 Å². The molecular formula is C15H31N2O6Se. The molecule has 1 aliphatic rings. The molecule has 24 heavy (non-hydrogen) atoms. The predicted molar refractivity (Wildman–Crippen MR) is 89.4 cm³/mol. The fraction of sp³-hybridized carbons (Fsp3) is 1.00. The average Bonchev–Trinajstić information content (AvgIpc) is 2.58. The number of hydrogen-bond acceptors (Lipinski definition) is 8. The van der Waals surface area contributed by atoms with Crippen molar-refractivity contribution in [3.8, 4) is 0 Å². The van der Waals surface area contributed by atoms with Crippen LogP contribution in [0.25, 0.3) is 0 Å². The molecule has 0 bridgehead atoms. The number of ether oxygens (including phenoxy) is 1. The molecule has 6 atom stereocenters. The number of rotatable bonds is 10. The Morgan fingerprint density at radius 3 is 2.33 bits per heavy atom. The van der Waals surface area contributed by atoms with Gasteiger partial charge in [0.05, 0.1) is 0 Å². The van der Waals surface area contributed by atoms with Crippen LogP contribution in [0.4, 0.5) is 0 Å². The second kappa shape index (κ2) is 10.4. The first-order chi connectivity index (χ1) is 11.3. The van der Waals surface area contributed by atoms with Gasteiger partial charge in [0.25, 0.3) is 0 Å². The van der Waals surface area contributed by atoms with Gasteiger partial charge < -0.3 is 0 Å². The summed E-state index contributed by atoms with van der Waals surface area (Å²) in [4.78, 5) is 8.01. The summed E-state index contributed by atoms with van der Waals surface area (Å²) in [6.45, 7) is 8.40. The molecule has 1 heterocycles. The summed E-state index contributed by atoms with van der Waals surface area (Å²) in [5.41, 5.74) is 2.10. The topological polar surface area (TPSA) is 115 Å². The van der Waals surface area contributed by atoms with Gasteiger partial charge in [0.15, 0.2) is 0 Å². The van der Waals surface area contributed by atoms with Crippen LogP contribution in [-0.2, 0) is 9.57 Å². The molecule has 143 valence electrons. The van der Waals surface area contributed by atoms with Crippen LogP contribution in [0.5, 0.6) is 0 Å². The maximum atomic E-state index is 10.1. The summed E-state index contributed by atoms with van der Waals surface area (Å²) in [5, 5.41) is 39.7. The summed E-state index contributed by atoms with van der Waals surface area (Å²) in [6, 6.07) is -1.01. The van der Waals surface area contributed by atoms with Gasteiger partial charge in [0.1, 0.15) is 0 Å². The zero-order valence-corrected chi connectivity index (χ0v) is 16.3. The van der Waals surface area contributed by atoms with Crippen molar-refractivity contribution < 1.29 is 30.0 Å². The summed E-state index contributed by atoms with van der Waals surface area (Å²) in [7, 11) is 0. The van der Waals surface area contributed by atoms with Crippen LogP contribution in [0, 0.1) is 0 Å². The first kappa shape index (κ1) is 22.2. The minimum atomic E-state index is -1.39. The van der Waals surface area contributed by atoms with Crippen molar-refractivity contribution in [1.29, 1.82) is 0 Å². The Labute approximate surface area is 151 Å². The van der Waals surface area contributed by atoms with E-state index in [2.05, 4.69) is 40.2 Å². The van der Waals surface area contributed by atoms with Crippen LogP contribution in [0.2, 0.25) is 5.32 Å². The third-order valence-corrected chi connectivity index (χ3v) is 5.78. The van der Waals surface area contributed by atoms with E-state index >= 15 is 0 Å². The molecule has 0 amide bonds. The van der Waals surface area contributed by atoms with Gasteiger partial charge in [-0.3, -0.25) is 0 Å². The third kappa shape index (κ3) is 5.88. The molecule has 9 heteroatoms. The first-order valence-corrected chi connectivity index (χ1v) is 9.57. The number of aliphatic hydroxyl groups is 4. The molecule has 0 aromatic rings. The molecule has 0 saturated carbocycles. The Morgan fingerprint density at radius 1 is 1.21 bits per heavy atom. The molecule has 0 aliphatic carbocycles. The number of nitrogens with one attached hydrogen (secondary N) is 1. The second-order valence-electron chi connectivity index (χ2n) is 6.35. The minimum absolute atomic E-state index is 0.492. The van der Waals surface area contributed by atoms with E-state index in [-0.39, 0.29) is 0 Å². The molecule has 1 aliphatic heterocycles. The van der Waals surface area contributed by atoms with Crippen LogP contribution >= 0.6 is 0 Å². The summed E-state index contributed by atoms with van der Waals surface area (Å²) >= 11 is 2.96. The van der Waals surface area contributed by atoms with Crippen LogP contribution < -0.4 is 5.48 Å². The standard InChI is InChI=1S/C15H31N2O6Se/c1-4-17(5-2)7-6-15(3,9-24)23-16-11-13(20)12(19)10(8-18)22-14(11)21/h10-14,16,18-21H,4-9H2,1-3H3/t10?,11?,12?,13?,14-,15?/m0/s1. The van der Waals surface area contributed by atoms with Gasteiger partial charge in [0.2, 0.25) is 0 Å². The third-order valence-electron chi connectivity index (χ3n) is 4.50. The number of nitrogens with zero attached hydrogens (tertiary/aromatic N) is 1. The molecule has 5 N–H and O–H groups in total. The van der Waals surface area contributed by atoms with Gasteiger partial charge >= 0.3 is 151 Å². The van der Waals surface area contributed by atoms with E-state index in [1.54, 1.807) is 0 Å². The van der Waals surface area contributed by atoms with Gasteiger partial charge in [-0.05, 0) is 0 Å². The molecule has 0 aromatic carbocycles. The molecule has 0 aromatic heterocycles. The molecule has 0 spiro atoms. The maximum absolute atomic E-state index is 10.1. The van der Waals surface area contributed by atoms with E-state index in [9.17, 15) is 15.3 Å². The zero-order valence-electron chi connectivity index (χ0n) is 14.6. The molecule has 1 fully saturated rings. The summed E-state index contributed by atoms with van der Waals surface area (Å²) < 4.78 is 5.10. The van der Waals surface area contributed by atoms with Crippen LogP contribution in [0.15, 0.2) is 0 Å². The van der Waals surface area contributed by atoms with Crippen molar-refractivity contribution >= 4 is 16.0 Å². The van der Waals surface area contributed by atoms with Gasteiger partial charge in [-0.15, -0.1) is 0 Å². The molecule has 8 nitrogen and oxygen atoms in total. The number of hydroxylamine groups is 1. The fourth-order valence-electron chi connectivity index (χ4n) is 2.52. The SMILES string of the molecule is CCN(CC)CCC(C)(C[Se])ONC1C(O)C(O)C(CO)O[C@@H]1O. The summed E-state index contributed by atoms with van der Waals surface area (Å²) in [5.74, 6) is 0. The van der Waals surface area contributed by atoms with Gasteiger partial charge in [0, 0.05) is 0 Å². The first-order valence-electron chi connectivity index (χ1n) is 8.36. The van der Waals surface area contributed by atoms with Crippen molar-refractivity contribution in [2.75, 3.05) is 26.2 Å². The van der Waals surface area contributed by atoms with E-state index in [1.165, 1.54) is 0 Å². The quantitative estimate of drug-likeness (QED) is 0.214. The molecular weight excluding hydrogens is 383 g/mol.